The smallest absolute Gasteiger partial charge is 0.142 e. The first-order valence-corrected chi connectivity index (χ1v) is 8.50. The molecule has 0 aliphatic carbocycles. The van der Waals surface area contributed by atoms with Crippen molar-refractivity contribution in [3.8, 4) is 11.4 Å². The highest BCUT2D eigenvalue weighted by Gasteiger charge is 2.15. The van der Waals surface area contributed by atoms with Crippen molar-refractivity contribution in [3.63, 3.8) is 0 Å². The van der Waals surface area contributed by atoms with Crippen LogP contribution in [0.4, 0.5) is 0 Å². The molecule has 1 aliphatic heterocycles. The molecule has 0 N–H and O–H groups in total. The highest BCUT2D eigenvalue weighted by atomic mass is 15.2. The minimum Gasteiger partial charge on any atom is -0.323 e. The highest BCUT2D eigenvalue weighted by molar-refractivity contribution is 5.80. The molecule has 2 aromatic heterocycles. The fourth-order valence-electron chi connectivity index (χ4n) is 3.44. The van der Waals surface area contributed by atoms with Crippen LogP contribution in [0.5, 0.6) is 0 Å². The van der Waals surface area contributed by atoms with Crippen molar-refractivity contribution < 1.29 is 0 Å². The van der Waals surface area contributed by atoms with Crippen molar-refractivity contribution in [2.45, 2.75) is 25.8 Å². The summed E-state index contributed by atoms with van der Waals surface area (Å²) in [5.41, 5.74) is 3.36. The van der Waals surface area contributed by atoms with Crippen molar-refractivity contribution >= 4 is 11.0 Å². The molecule has 118 valence electrons. The number of pyridine rings is 1. The molecule has 1 fully saturated rings. The molecule has 3 heterocycles. The molecule has 23 heavy (non-hydrogen) atoms. The third-order valence-electron chi connectivity index (χ3n) is 4.66. The Morgan fingerprint density at radius 3 is 2.61 bits per heavy atom. The number of rotatable bonds is 4. The first-order valence-electron chi connectivity index (χ1n) is 8.50. The second kappa shape index (κ2) is 6.50. The van der Waals surface area contributed by atoms with E-state index in [4.69, 9.17) is 4.98 Å². The molecule has 3 aromatic rings. The maximum atomic E-state index is 4.85. The molecule has 1 aliphatic rings. The number of aromatic nitrogens is 3. The molecule has 1 aromatic carbocycles. The lowest BCUT2D eigenvalue weighted by Crippen LogP contribution is -2.32. The lowest BCUT2D eigenvalue weighted by molar-refractivity contribution is 0.222. The van der Waals surface area contributed by atoms with Gasteiger partial charge in [-0.25, -0.2) is 4.98 Å². The number of piperidine rings is 1. The Morgan fingerprint density at radius 1 is 0.913 bits per heavy atom. The zero-order valence-corrected chi connectivity index (χ0v) is 13.4. The number of hydrogen-bond acceptors (Lipinski definition) is 3. The minimum absolute atomic E-state index is 0.977. The molecule has 0 radical (unpaired) electrons. The summed E-state index contributed by atoms with van der Waals surface area (Å²) < 4.78 is 2.35. The van der Waals surface area contributed by atoms with Gasteiger partial charge in [-0.2, -0.15) is 0 Å². The largest absolute Gasteiger partial charge is 0.323 e. The van der Waals surface area contributed by atoms with Gasteiger partial charge in [-0.15, -0.1) is 0 Å². The molecule has 4 nitrogen and oxygen atoms in total. The van der Waals surface area contributed by atoms with Crippen molar-refractivity contribution in [2.24, 2.45) is 0 Å². The van der Waals surface area contributed by atoms with E-state index in [0.29, 0.717) is 0 Å². The van der Waals surface area contributed by atoms with Gasteiger partial charge in [0.2, 0.25) is 0 Å². The molecule has 4 heteroatoms. The fourth-order valence-corrected chi connectivity index (χ4v) is 3.44. The van der Waals surface area contributed by atoms with Gasteiger partial charge in [0.25, 0.3) is 0 Å². The SMILES string of the molecule is c1cncc(-c2nc3ccccc3n2CCN2CCCCC2)c1. The maximum Gasteiger partial charge on any atom is 0.142 e. The summed E-state index contributed by atoms with van der Waals surface area (Å²) in [5, 5.41) is 0. The fraction of sp³-hybridized carbons (Fsp3) is 0.368. The Balaban J connectivity index is 1.68. The molecular weight excluding hydrogens is 284 g/mol. The van der Waals surface area contributed by atoms with E-state index in [1.807, 2.05) is 18.5 Å². The van der Waals surface area contributed by atoms with Gasteiger partial charge in [-0.05, 0) is 50.2 Å². The Kier molecular flexibility index (Phi) is 4.07. The predicted octanol–water partition coefficient (Wildman–Crippen LogP) is 3.58. The standard InChI is InChI=1S/C19H22N4/c1-4-11-22(12-5-1)13-14-23-18-9-3-2-8-17(18)21-19(23)16-7-6-10-20-15-16/h2-3,6-10,15H,1,4-5,11-14H2. The normalized spacial score (nSPS) is 16.0. The summed E-state index contributed by atoms with van der Waals surface area (Å²) in [6.07, 6.45) is 7.76. The van der Waals surface area contributed by atoms with Crippen molar-refractivity contribution in [3.05, 3.63) is 48.8 Å². The summed E-state index contributed by atoms with van der Waals surface area (Å²) in [6, 6.07) is 12.5. The van der Waals surface area contributed by atoms with Crippen LogP contribution in [-0.2, 0) is 6.54 Å². The van der Waals surface area contributed by atoms with Gasteiger partial charge in [0.15, 0.2) is 0 Å². The molecule has 0 saturated carbocycles. The van der Waals surface area contributed by atoms with Crippen LogP contribution in [0, 0.1) is 0 Å². The van der Waals surface area contributed by atoms with Crippen LogP contribution in [-0.4, -0.2) is 39.1 Å². The molecule has 0 bridgehead atoms. The topological polar surface area (TPSA) is 34.0 Å². The number of nitrogens with zero attached hydrogens (tertiary/aromatic N) is 4. The third-order valence-corrected chi connectivity index (χ3v) is 4.66. The Labute approximate surface area is 136 Å². The minimum atomic E-state index is 0.977. The van der Waals surface area contributed by atoms with Crippen LogP contribution in [0.2, 0.25) is 0 Å². The van der Waals surface area contributed by atoms with Gasteiger partial charge >= 0.3 is 0 Å². The zero-order chi connectivity index (χ0) is 15.5. The number of hydrogen-bond donors (Lipinski definition) is 0. The lowest BCUT2D eigenvalue weighted by Gasteiger charge is -2.26. The van der Waals surface area contributed by atoms with Crippen LogP contribution in [0.25, 0.3) is 22.4 Å². The van der Waals surface area contributed by atoms with Crippen LogP contribution in [0.1, 0.15) is 19.3 Å². The summed E-state index contributed by atoms with van der Waals surface area (Å²) in [5.74, 6) is 1.02. The van der Waals surface area contributed by atoms with Gasteiger partial charge < -0.3 is 9.47 Å². The van der Waals surface area contributed by atoms with Crippen molar-refractivity contribution in [1.29, 1.82) is 0 Å². The van der Waals surface area contributed by atoms with Gasteiger partial charge in [-0.3, -0.25) is 4.98 Å². The quantitative estimate of drug-likeness (QED) is 0.739. The van der Waals surface area contributed by atoms with E-state index in [-0.39, 0.29) is 0 Å². The second-order valence-electron chi connectivity index (χ2n) is 6.22. The van der Waals surface area contributed by atoms with E-state index in [9.17, 15) is 0 Å². The van der Waals surface area contributed by atoms with E-state index in [2.05, 4.69) is 44.8 Å². The van der Waals surface area contributed by atoms with Crippen LogP contribution in [0.15, 0.2) is 48.8 Å². The number of likely N-dealkylation sites (tertiary alicyclic amines) is 1. The Morgan fingerprint density at radius 2 is 1.78 bits per heavy atom. The van der Waals surface area contributed by atoms with Crippen LogP contribution < -0.4 is 0 Å². The van der Waals surface area contributed by atoms with Gasteiger partial charge in [0.1, 0.15) is 5.82 Å². The van der Waals surface area contributed by atoms with Crippen molar-refractivity contribution in [1.82, 2.24) is 19.4 Å². The number of imidazole rings is 1. The molecule has 0 atom stereocenters. The van der Waals surface area contributed by atoms with Crippen LogP contribution >= 0.6 is 0 Å². The Hall–Kier alpha value is -2.20. The predicted molar refractivity (Wildman–Crippen MR) is 93.3 cm³/mol. The lowest BCUT2D eigenvalue weighted by atomic mass is 10.1. The number of fused-ring (bicyclic) bond motifs is 1. The number of para-hydroxylation sites is 2. The summed E-state index contributed by atoms with van der Waals surface area (Å²) >= 11 is 0. The first kappa shape index (κ1) is 14.4. The maximum absolute atomic E-state index is 4.85. The van der Waals surface area contributed by atoms with E-state index < -0.39 is 0 Å². The monoisotopic (exact) mass is 306 g/mol. The van der Waals surface area contributed by atoms with Gasteiger partial charge in [0.05, 0.1) is 11.0 Å². The summed E-state index contributed by atoms with van der Waals surface area (Å²) in [4.78, 5) is 11.7. The van der Waals surface area contributed by atoms with E-state index in [1.54, 1.807) is 0 Å². The molecule has 4 rings (SSSR count). The first-order chi connectivity index (χ1) is 11.4. The van der Waals surface area contributed by atoms with Crippen molar-refractivity contribution in [2.75, 3.05) is 19.6 Å². The average Bonchev–Trinajstić information content (AvgIpc) is 3.00. The molecular formula is C19H22N4. The molecule has 1 saturated heterocycles. The highest BCUT2D eigenvalue weighted by Crippen LogP contribution is 2.24. The molecule has 0 amide bonds. The molecule has 0 unspecified atom stereocenters. The second-order valence-corrected chi connectivity index (χ2v) is 6.22. The van der Waals surface area contributed by atoms with E-state index in [1.165, 1.54) is 37.9 Å². The molecule has 0 spiro atoms. The zero-order valence-electron chi connectivity index (χ0n) is 13.4. The van der Waals surface area contributed by atoms with Crippen LogP contribution in [0.3, 0.4) is 0 Å². The van der Waals surface area contributed by atoms with E-state index in [0.717, 1.165) is 30.0 Å². The van der Waals surface area contributed by atoms with E-state index >= 15 is 0 Å². The average molecular weight is 306 g/mol. The summed E-state index contributed by atoms with van der Waals surface area (Å²) in [7, 11) is 0. The van der Waals surface area contributed by atoms with Gasteiger partial charge in [-0.1, -0.05) is 18.6 Å². The van der Waals surface area contributed by atoms with Gasteiger partial charge in [0, 0.05) is 31.0 Å². The Bertz CT molecular complexity index is 772. The number of benzene rings is 1. The third kappa shape index (κ3) is 2.99. The summed E-state index contributed by atoms with van der Waals surface area (Å²) in [6.45, 7) is 4.53.